The summed E-state index contributed by atoms with van der Waals surface area (Å²) in [6.45, 7) is 1.32. The minimum atomic E-state index is -3.66. The van der Waals surface area contributed by atoms with Crippen LogP contribution in [-0.2, 0) is 33.6 Å². The van der Waals surface area contributed by atoms with Crippen LogP contribution < -0.4 is 5.73 Å². The van der Waals surface area contributed by atoms with Gasteiger partial charge in [0.05, 0.1) is 17.8 Å². The molecular weight excluding hydrogens is 454 g/mol. The molecule has 0 unspecified atom stereocenters. The van der Waals surface area contributed by atoms with Gasteiger partial charge in [0, 0.05) is 6.92 Å². The molecule has 33 heavy (non-hydrogen) atoms. The van der Waals surface area contributed by atoms with E-state index in [9.17, 15) is 13.2 Å². The Hall–Kier alpha value is -3.13. The van der Waals surface area contributed by atoms with Gasteiger partial charge in [-0.15, -0.1) is 0 Å². The molecule has 0 saturated carbocycles. The average molecular weight is 475 g/mol. The van der Waals surface area contributed by atoms with Crippen molar-refractivity contribution in [1.29, 1.82) is 0 Å². The van der Waals surface area contributed by atoms with Gasteiger partial charge in [0.1, 0.15) is 29.8 Å². The molecule has 5 atom stereocenters. The number of fused-ring (bicyclic) bond motifs is 2. The second-order valence-electron chi connectivity index (χ2n) is 7.68. The Morgan fingerprint density at radius 3 is 2.76 bits per heavy atom. The molecular formula is C20H21N5O7S. The highest BCUT2D eigenvalue weighted by Gasteiger charge is 2.52. The first-order valence-corrected chi connectivity index (χ1v) is 11.8. The van der Waals surface area contributed by atoms with E-state index in [-0.39, 0.29) is 17.3 Å². The van der Waals surface area contributed by atoms with E-state index in [1.165, 1.54) is 31.7 Å². The van der Waals surface area contributed by atoms with Crippen LogP contribution in [0.15, 0.2) is 47.9 Å². The van der Waals surface area contributed by atoms with Crippen molar-refractivity contribution in [3.05, 3.63) is 43.0 Å². The molecule has 13 heteroatoms. The number of benzene rings is 1. The van der Waals surface area contributed by atoms with Crippen molar-refractivity contribution in [3.8, 4) is 0 Å². The minimum absolute atomic E-state index is 0.0532. The molecule has 0 bridgehead atoms. The number of imidazole rings is 1. The molecule has 5 rings (SSSR count). The number of nitrogen functional groups attached to an aromatic ring is 1. The number of nitrogens with zero attached hydrogens (tertiary/aromatic N) is 4. The number of aromatic nitrogens is 4. The van der Waals surface area contributed by atoms with Crippen LogP contribution >= 0.6 is 0 Å². The zero-order valence-electron chi connectivity index (χ0n) is 17.5. The Morgan fingerprint density at radius 1 is 1.21 bits per heavy atom. The fraction of sp³-hybridized carbons (Fsp3) is 0.400. The molecule has 0 spiro atoms. The number of nitrogens with two attached hydrogens (primary N) is 1. The molecule has 3 aromatic rings. The van der Waals surface area contributed by atoms with Crippen LogP contribution in [0, 0.1) is 0 Å². The number of carbonyl (C=O) groups is 1. The first kappa shape index (κ1) is 21.7. The van der Waals surface area contributed by atoms with Gasteiger partial charge >= 0.3 is 5.97 Å². The molecule has 2 aliphatic heterocycles. The first-order chi connectivity index (χ1) is 15.8. The minimum Gasteiger partial charge on any atom is -0.455 e. The van der Waals surface area contributed by atoms with Gasteiger partial charge < -0.3 is 24.7 Å². The maximum atomic E-state index is 12.8. The molecule has 0 aliphatic carbocycles. The van der Waals surface area contributed by atoms with E-state index < -0.39 is 52.4 Å². The standard InChI is InChI=1S/C20H21N5O7S/c1-11(26)30-17-16-13(31-20(17)25-10-24-15-18(21)22-9-23-19(15)25)7-29-14(32-16)8-33(27,28)12-5-3-2-4-6-12/h2-6,9-10,13-14,16-17,20H,7-8H2,1H3,(H2,21,22,23)/t13-,14-,16+,17-,20-/m1/s1. The Morgan fingerprint density at radius 2 is 2.00 bits per heavy atom. The predicted octanol–water partition coefficient (Wildman–Crippen LogP) is 0.453. The number of carbonyl (C=O) groups excluding carboxylic acids is 1. The van der Waals surface area contributed by atoms with E-state index in [1.807, 2.05) is 0 Å². The number of anilines is 1. The number of rotatable bonds is 5. The lowest BCUT2D eigenvalue weighted by Crippen LogP contribution is -2.48. The first-order valence-electron chi connectivity index (χ1n) is 10.1. The number of hydrogen-bond acceptors (Lipinski definition) is 11. The third-order valence-electron chi connectivity index (χ3n) is 5.46. The van der Waals surface area contributed by atoms with Gasteiger partial charge in [-0.2, -0.15) is 0 Å². The third-order valence-corrected chi connectivity index (χ3v) is 7.16. The lowest BCUT2D eigenvalue weighted by molar-refractivity contribution is -0.240. The molecule has 2 saturated heterocycles. The maximum absolute atomic E-state index is 12.8. The molecule has 12 nitrogen and oxygen atoms in total. The Kier molecular flexibility index (Phi) is 5.48. The van der Waals surface area contributed by atoms with Gasteiger partial charge in [0.2, 0.25) is 0 Å². The van der Waals surface area contributed by atoms with E-state index in [0.717, 1.165) is 0 Å². The summed E-state index contributed by atoms with van der Waals surface area (Å²) in [7, 11) is -3.66. The van der Waals surface area contributed by atoms with Crippen molar-refractivity contribution in [3.63, 3.8) is 0 Å². The van der Waals surface area contributed by atoms with Gasteiger partial charge in [-0.25, -0.2) is 23.4 Å². The van der Waals surface area contributed by atoms with Crippen LogP contribution in [0.2, 0.25) is 0 Å². The number of sulfone groups is 1. The fourth-order valence-corrected chi connectivity index (χ4v) is 5.31. The van der Waals surface area contributed by atoms with E-state index in [0.29, 0.717) is 11.2 Å². The Labute approximate surface area is 188 Å². The van der Waals surface area contributed by atoms with Crippen molar-refractivity contribution in [2.75, 3.05) is 18.1 Å². The van der Waals surface area contributed by atoms with Crippen LogP contribution in [0.25, 0.3) is 11.2 Å². The van der Waals surface area contributed by atoms with Gasteiger partial charge in [0.15, 0.2) is 39.9 Å². The predicted molar refractivity (Wildman–Crippen MR) is 112 cm³/mol. The van der Waals surface area contributed by atoms with E-state index in [4.69, 9.17) is 24.7 Å². The van der Waals surface area contributed by atoms with Crippen LogP contribution in [0.1, 0.15) is 13.2 Å². The molecule has 0 amide bonds. The van der Waals surface area contributed by atoms with Crippen LogP contribution in [-0.4, -0.2) is 70.9 Å². The molecule has 2 aliphatic rings. The van der Waals surface area contributed by atoms with Crippen molar-refractivity contribution in [2.24, 2.45) is 0 Å². The summed E-state index contributed by atoms with van der Waals surface area (Å²) in [4.78, 5) is 24.4. The zero-order valence-corrected chi connectivity index (χ0v) is 18.3. The maximum Gasteiger partial charge on any atom is 0.303 e. The zero-order chi connectivity index (χ0) is 23.2. The highest BCUT2D eigenvalue weighted by molar-refractivity contribution is 7.91. The highest BCUT2D eigenvalue weighted by atomic mass is 32.2. The van der Waals surface area contributed by atoms with Crippen molar-refractivity contribution >= 4 is 32.8 Å². The molecule has 2 fully saturated rings. The van der Waals surface area contributed by atoms with Gasteiger partial charge in [-0.3, -0.25) is 9.36 Å². The molecule has 174 valence electrons. The summed E-state index contributed by atoms with van der Waals surface area (Å²) in [6, 6.07) is 8.03. The SMILES string of the molecule is CC(=O)O[C@@H]1[C@H]2O[C@H](CS(=O)(=O)c3ccccc3)OC[C@H]2O[C@H]1n1cnc2c(N)ncnc21. The van der Waals surface area contributed by atoms with Crippen molar-refractivity contribution in [2.45, 2.75) is 42.6 Å². The highest BCUT2D eigenvalue weighted by Crippen LogP contribution is 2.38. The Bertz CT molecular complexity index is 1280. The number of esters is 1. The monoisotopic (exact) mass is 475 g/mol. The summed E-state index contributed by atoms with van der Waals surface area (Å²) >= 11 is 0. The molecule has 2 N–H and O–H groups in total. The molecule has 2 aromatic heterocycles. The third kappa shape index (κ3) is 4.04. The second kappa shape index (κ2) is 8.33. The van der Waals surface area contributed by atoms with Crippen LogP contribution in [0.5, 0.6) is 0 Å². The topological polar surface area (TPSA) is 158 Å². The van der Waals surface area contributed by atoms with Gasteiger partial charge in [0.25, 0.3) is 0 Å². The summed E-state index contributed by atoms with van der Waals surface area (Å²) in [6.07, 6.45) is -1.40. The average Bonchev–Trinajstić information content (AvgIpc) is 3.36. The van der Waals surface area contributed by atoms with Crippen molar-refractivity contribution < 1.29 is 32.2 Å². The molecule has 0 radical (unpaired) electrons. The molecule has 4 heterocycles. The fourth-order valence-electron chi connectivity index (χ4n) is 4.01. The summed E-state index contributed by atoms with van der Waals surface area (Å²) in [5.74, 6) is -0.740. The number of hydrogen-bond donors (Lipinski definition) is 1. The largest absolute Gasteiger partial charge is 0.455 e. The number of ether oxygens (including phenoxy) is 4. The van der Waals surface area contributed by atoms with Crippen molar-refractivity contribution in [1.82, 2.24) is 19.5 Å². The van der Waals surface area contributed by atoms with E-state index in [1.54, 1.807) is 22.8 Å². The lowest BCUT2D eigenvalue weighted by atomic mass is 10.1. The summed E-state index contributed by atoms with van der Waals surface area (Å²) in [5.41, 5.74) is 6.64. The summed E-state index contributed by atoms with van der Waals surface area (Å²) < 4.78 is 50.3. The molecule has 1 aromatic carbocycles. The van der Waals surface area contributed by atoms with Crippen LogP contribution in [0.4, 0.5) is 5.82 Å². The lowest BCUT2D eigenvalue weighted by Gasteiger charge is -2.33. The van der Waals surface area contributed by atoms with Gasteiger partial charge in [-0.1, -0.05) is 18.2 Å². The smallest absolute Gasteiger partial charge is 0.303 e. The van der Waals surface area contributed by atoms with E-state index in [2.05, 4.69) is 15.0 Å². The normalized spacial score (nSPS) is 27.4. The van der Waals surface area contributed by atoms with E-state index >= 15 is 0 Å². The quantitative estimate of drug-likeness (QED) is 0.511. The Balaban J connectivity index is 1.41. The summed E-state index contributed by atoms with van der Waals surface area (Å²) in [5, 5.41) is 0. The second-order valence-corrected chi connectivity index (χ2v) is 9.71. The van der Waals surface area contributed by atoms with Gasteiger partial charge in [-0.05, 0) is 12.1 Å². The van der Waals surface area contributed by atoms with Crippen LogP contribution in [0.3, 0.4) is 0 Å².